The van der Waals surface area contributed by atoms with Crippen LogP contribution in [0.5, 0.6) is 0 Å². The summed E-state index contributed by atoms with van der Waals surface area (Å²) in [6.07, 6.45) is 13.4. The van der Waals surface area contributed by atoms with Gasteiger partial charge in [-0.3, -0.25) is 0 Å². The molecule has 0 radical (unpaired) electrons. The predicted octanol–water partition coefficient (Wildman–Crippen LogP) is 16.9. The van der Waals surface area contributed by atoms with Crippen LogP contribution >= 0.6 is 0 Å². The number of aryl methyl sites for hydroxylation is 1. The van der Waals surface area contributed by atoms with Gasteiger partial charge >= 0.3 is 0 Å². The topological polar surface area (TPSA) is 16.4 Å². The lowest BCUT2D eigenvalue weighted by atomic mass is 9.86. The number of allylic oxidation sites excluding steroid dienone is 5. The van der Waals surface area contributed by atoms with Crippen LogP contribution in [-0.4, -0.2) is 0 Å². The first-order chi connectivity index (χ1) is 30.4. The molecule has 2 nitrogen and oxygen atoms in total. The lowest BCUT2D eigenvalue weighted by Crippen LogP contribution is -2.17. The predicted molar refractivity (Wildman–Crippen MR) is 264 cm³/mol. The molecule has 0 bridgehead atoms. The quantitative estimate of drug-likeness (QED) is 0.160. The smallest absolute Gasteiger partial charge is 0.143 e. The van der Waals surface area contributed by atoms with Crippen molar-refractivity contribution in [1.82, 2.24) is 0 Å². The van der Waals surface area contributed by atoms with Crippen molar-refractivity contribution in [1.29, 1.82) is 0 Å². The second-order valence-corrected chi connectivity index (χ2v) is 18.0. The molecule has 300 valence electrons. The Labute approximate surface area is 364 Å². The van der Waals surface area contributed by atoms with Gasteiger partial charge < -0.3 is 9.32 Å². The SMILES string of the molecule is CC(C)(C)c1cccc2c1oc1c(-c3ccc(N(C4=CC=C(c5ccc(-c6cccc7c6C=CCC7)cc5)CC4)c4ccc(-c5ccc6ccccc6c5)cc4)cc3)cccc12. The largest absolute Gasteiger partial charge is 0.455 e. The van der Waals surface area contributed by atoms with Gasteiger partial charge in [-0.25, -0.2) is 0 Å². The average molecular weight is 800 g/mol. The molecular weight excluding hydrogens is 751 g/mol. The molecule has 0 spiro atoms. The Morgan fingerprint density at radius 3 is 1.85 bits per heavy atom. The fourth-order valence-electron chi connectivity index (χ4n) is 9.72. The molecule has 1 heterocycles. The molecule has 0 atom stereocenters. The molecule has 62 heavy (non-hydrogen) atoms. The van der Waals surface area contributed by atoms with E-state index in [2.05, 4.69) is 220 Å². The lowest BCUT2D eigenvalue weighted by Gasteiger charge is -2.30. The summed E-state index contributed by atoms with van der Waals surface area (Å²) in [5.74, 6) is 0. The van der Waals surface area contributed by atoms with E-state index in [0.717, 1.165) is 64.7 Å². The summed E-state index contributed by atoms with van der Waals surface area (Å²) < 4.78 is 6.78. The van der Waals surface area contributed by atoms with Crippen molar-refractivity contribution in [3.8, 4) is 33.4 Å². The van der Waals surface area contributed by atoms with Crippen LogP contribution in [0, 0.1) is 0 Å². The van der Waals surface area contributed by atoms with Crippen molar-refractivity contribution in [3.63, 3.8) is 0 Å². The first-order valence-corrected chi connectivity index (χ1v) is 22.1. The highest BCUT2D eigenvalue weighted by Crippen LogP contribution is 2.42. The van der Waals surface area contributed by atoms with E-state index < -0.39 is 0 Å². The Bertz CT molecular complexity index is 3240. The maximum atomic E-state index is 6.78. The molecule has 9 aromatic rings. The molecule has 8 aromatic carbocycles. The monoisotopic (exact) mass is 799 g/mol. The van der Waals surface area contributed by atoms with E-state index in [1.165, 1.54) is 71.9 Å². The van der Waals surface area contributed by atoms with Crippen LogP contribution in [0.3, 0.4) is 0 Å². The second-order valence-electron chi connectivity index (χ2n) is 18.0. The molecule has 11 rings (SSSR count). The Kier molecular flexibility index (Phi) is 9.38. The van der Waals surface area contributed by atoms with Crippen LogP contribution in [0.2, 0.25) is 0 Å². The molecule has 2 aliphatic carbocycles. The van der Waals surface area contributed by atoms with Gasteiger partial charge in [0.25, 0.3) is 0 Å². The van der Waals surface area contributed by atoms with Gasteiger partial charge in [-0.2, -0.15) is 0 Å². The van der Waals surface area contributed by atoms with Crippen molar-refractivity contribution in [2.75, 3.05) is 4.90 Å². The lowest BCUT2D eigenvalue weighted by molar-refractivity contribution is 0.573. The molecule has 2 heteroatoms. The van der Waals surface area contributed by atoms with Crippen LogP contribution in [0.15, 0.2) is 198 Å². The van der Waals surface area contributed by atoms with Gasteiger partial charge in [0.2, 0.25) is 0 Å². The van der Waals surface area contributed by atoms with Gasteiger partial charge in [-0.15, -0.1) is 0 Å². The van der Waals surface area contributed by atoms with E-state index in [1.807, 2.05) is 0 Å². The van der Waals surface area contributed by atoms with Crippen LogP contribution in [0.4, 0.5) is 11.4 Å². The Hall–Kier alpha value is -7.16. The summed E-state index contributed by atoms with van der Waals surface area (Å²) in [5.41, 5.74) is 19.4. The maximum Gasteiger partial charge on any atom is 0.143 e. The number of fused-ring (bicyclic) bond motifs is 5. The molecular formula is C60H49NO. The van der Waals surface area contributed by atoms with Gasteiger partial charge in [-0.1, -0.05) is 179 Å². The van der Waals surface area contributed by atoms with Crippen LogP contribution in [0.25, 0.3) is 77.7 Å². The first kappa shape index (κ1) is 37.8. The third-order valence-corrected chi connectivity index (χ3v) is 13.0. The highest BCUT2D eigenvalue weighted by molar-refractivity contribution is 6.10. The standard InChI is InChI=1S/C60H49NO/c1-60(2,3)57-20-10-19-56-55-18-9-17-54(58(55)62-59(56)57)46-31-37-51(38-32-46)61(50-35-29-43(30-36-50)48-26-23-40-11-4-5-13-47(40)39-48)49-33-27-42(28-34-49)41-21-24-45(25-22-41)53-16-8-14-44-12-6-7-15-52(44)53/h4-5,7-11,13-27,29-33,35-39H,6,12,28,34H2,1-3H3. The zero-order valence-electron chi connectivity index (χ0n) is 35.7. The first-order valence-electron chi connectivity index (χ1n) is 22.1. The zero-order valence-corrected chi connectivity index (χ0v) is 35.7. The maximum absolute atomic E-state index is 6.78. The molecule has 0 aliphatic heterocycles. The third kappa shape index (κ3) is 6.86. The van der Waals surface area contributed by atoms with Gasteiger partial charge in [-0.05, 0) is 128 Å². The molecule has 0 fully saturated rings. The van der Waals surface area contributed by atoms with E-state index in [1.54, 1.807) is 0 Å². The second kappa shape index (κ2) is 15.4. The summed E-state index contributed by atoms with van der Waals surface area (Å²) in [4.78, 5) is 2.44. The summed E-state index contributed by atoms with van der Waals surface area (Å²) in [7, 11) is 0. The number of furan rings is 1. The van der Waals surface area contributed by atoms with Crippen LogP contribution in [0.1, 0.15) is 62.3 Å². The van der Waals surface area contributed by atoms with E-state index in [-0.39, 0.29) is 5.41 Å². The van der Waals surface area contributed by atoms with E-state index in [4.69, 9.17) is 4.42 Å². The molecule has 1 aromatic heterocycles. The molecule has 0 saturated carbocycles. The van der Waals surface area contributed by atoms with E-state index in [0.29, 0.717) is 0 Å². The number of hydrogen-bond donors (Lipinski definition) is 0. The number of benzene rings is 8. The van der Waals surface area contributed by atoms with Crippen LogP contribution in [-0.2, 0) is 11.8 Å². The average Bonchev–Trinajstić information content (AvgIpc) is 3.71. The van der Waals surface area contributed by atoms with E-state index in [9.17, 15) is 0 Å². The molecule has 0 amide bonds. The van der Waals surface area contributed by atoms with Gasteiger partial charge in [0.1, 0.15) is 11.2 Å². The zero-order chi connectivity index (χ0) is 41.8. The molecule has 0 unspecified atom stereocenters. The fraction of sp³-hybridized carbons (Fsp3) is 0.133. The Balaban J connectivity index is 0.945. The summed E-state index contributed by atoms with van der Waals surface area (Å²) in [6, 6.07) is 62.5. The van der Waals surface area contributed by atoms with E-state index >= 15 is 0 Å². The normalized spacial score (nSPS) is 13.9. The Morgan fingerprint density at radius 1 is 0.484 bits per heavy atom. The minimum atomic E-state index is -0.0271. The third-order valence-electron chi connectivity index (χ3n) is 13.0. The number of anilines is 2. The minimum absolute atomic E-state index is 0.0271. The number of nitrogens with zero attached hydrogens (tertiary/aromatic N) is 1. The number of para-hydroxylation sites is 2. The minimum Gasteiger partial charge on any atom is -0.455 e. The van der Waals surface area contributed by atoms with Crippen LogP contribution < -0.4 is 4.90 Å². The molecule has 0 saturated heterocycles. The van der Waals surface area contributed by atoms with Gasteiger partial charge in [0.05, 0.1) is 0 Å². The van der Waals surface area contributed by atoms with Gasteiger partial charge in [0.15, 0.2) is 0 Å². The van der Waals surface area contributed by atoms with Gasteiger partial charge in [0, 0.05) is 39.0 Å². The van der Waals surface area contributed by atoms with Crippen molar-refractivity contribution in [2.45, 2.75) is 51.9 Å². The van der Waals surface area contributed by atoms with Crippen molar-refractivity contribution in [3.05, 3.63) is 216 Å². The summed E-state index contributed by atoms with van der Waals surface area (Å²) in [5, 5.41) is 4.84. The highest BCUT2D eigenvalue weighted by atomic mass is 16.3. The Morgan fingerprint density at radius 2 is 1.11 bits per heavy atom. The highest BCUT2D eigenvalue weighted by Gasteiger charge is 2.23. The summed E-state index contributed by atoms with van der Waals surface area (Å²) >= 11 is 0. The van der Waals surface area contributed by atoms with Crippen molar-refractivity contribution >= 4 is 55.7 Å². The molecule has 2 aliphatic rings. The molecule has 0 N–H and O–H groups in total. The summed E-state index contributed by atoms with van der Waals surface area (Å²) in [6.45, 7) is 6.76. The van der Waals surface area contributed by atoms with Crippen molar-refractivity contribution < 1.29 is 4.42 Å². The fourth-order valence-corrected chi connectivity index (χ4v) is 9.72. The van der Waals surface area contributed by atoms with Crippen molar-refractivity contribution in [2.24, 2.45) is 0 Å². The number of hydrogen-bond acceptors (Lipinski definition) is 2. The number of rotatable bonds is 7.